The maximum atomic E-state index is 11.7. The van der Waals surface area contributed by atoms with Gasteiger partial charge in [-0.2, -0.15) is 0 Å². The fourth-order valence-corrected chi connectivity index (χ4v) is 1.79. The predicted octanol–water partition coefficient (Wildman–Crippen LogP) is 2.61. The molecule has 1 amide bonds. The number of imidazole rings is 1. The van der Waals surface area contributed by atoms with Crippen LogP contribution >= 0.6 is 0 Å². The Hall–Kier alpha value is -2.10. The molecule has 0 aliphatic carbocycles. The minimum absolute atomic E-state index is 0.0546. The minimum atomic E-state index is 0.0546. The lowest BCUT2D eigenvalue weighted by molar-refractivity contribution is -0.116. The largest absolute Gasteiger partial charge is 0.335 e. The average Bonchev–Trinajstić information content (AvgIpc) is 2.76. The summed E-state index contributed by atoms with van der Waals surface area (Å²) in [5.74, 6) is 1.04. The molecule has 0 radical (unpaired) electrons. The molecule has 18 heavy (non-hydrogen) atoms. The van der Waals surface area contributed by atoms with Crippen molar-refractivity contribution in [1.29, 1.82) is 0 Å². The van der Waals surface area contributed by atoms with Gasteiger partial charge in [0, 0.05) is 31.0 Å². The van der Waals surface area contributed by atoms with E-state index in [2.05, 4.69) is 14.9 Å². The first-order valence-corrected chi connectivity index (χ1v) is 6.08. The number of aryl methyl sites for hydroxylation is 2. The van der Waals surface area contributed by atoms with E-state index in [1.807, 2.05) is 43.5 Å². The molecule has 0 bridgehead atoms. The van der Waals surface area contributed by atoms with E-state index in [1.165, 1.54) is 0 Å². The van der Waals surface area contributed by atoms with Gasteiger partial charge in [-0.1, -0.05) is 18.2 Å². The molecule has 0 atom stereocenters. The van der Waals surface area contributed by atoms with Gasteiger partial charge in [0.15, 0.2) is 0 Å². The molecule has 4 heteroatoms. The highest BCUT2D eigenvalue weighted by Crippen LogP contribution is 2.07. The second-order valence-corrected chi connectivity index (χ2v) is 4.19. The molecule has 0 saturated carbocycles. The Morgan fingerprint density at radius 1 is 1.33 bits per heavy atom. The number of carbonyl (C=O) groups is 1. The maximum Gasteiger partial charge on any atom is 0.224 e. The fourth-order valence-electron chi connectivity index (χ4n) is 1.79. The number of hydrogen-bond donors (Lipinski definition) is 1. The van der Waals surface area contributed by atoms with Gasteiger partial charge in [-0.3, -0.25) is 4.79 Å². The van der Waals surface area contributed by atoms with E-state index in [4.69, 9.17) is 0 Å². The first kappa shape index (κ1) is 12.4. The first-order valence-electron chi connectivity index (χ1n) is 6.08. The molecule has 0 fully saturated rings. The lowest BCUT2D eigenvalue weighted by atomic mass is 10.2. The van der Waals surface area contributed by atoms with Crippen LogP contribution in [-0.2, 0) is 11.3 Å². The summed E-state index contributed by atoms with van der Waals surface area (Å²) in [4.78, 5) is 15.8. The summed E-state index contributed by atoms with van der Waals surface area (Å²) in [6.45, 7) is 2.79. The standard InChI is InChI=1S/C14H17N3O/c1-12-15-9-11-17(12)10-5-8-14(18)16-13-6-3-2-4-7-13/h2-4,6-7,9,11H,5,8,10H2,1H3,(H,16,18). The number of carbonyl (C=O) groups excluding carboxylic acids is 1. The van der Waals surface area contributed by atoms with Crippen LogP contribution in [0, 0.1) is 6.92 Å². The molecule has 2 rings (SSSR count). The molecule has 0 aliphatic heterocycles. The highest BCUT2D eigenvalue weighted by atomic mass is 16.1. The summed E-state index contributed by atoms with van der Waals surface area (Å²) in [7, 11) is 0. The van der Waals surface area contributed by atoms with E-state index >= 15 is 0 Å². The zero-order valence-corrected chi connectivity index (χ0v) is 10.5. The molecule has 1 aromatic carbocycles. The second kappa shape index (κ2) is 6.00. The van der Waals surface area contributed by atoms with E-state index in [0.717, 1.165) is 24.5 Å². The molecule has 4 nitrogen and oxygen atoms in total. The number of amides is 1. The van der Waals surface area contributed by atoms with Crippen molar-refractivity contribution >= 4 is 11.6 Å². The molecule has 94 valence electrons. The number of benzene rings is 1. The van der Waals surface area contributed by atoms with Crippen molar-refractivity contribution in [3.63, 3.8) is 0 Å². The number of rotatable bonds is 5. The Balaban J connectivity index is 1.74. The zero-order chi connectivity index (χ0) is 12.8. The Morgan fingerprint density at radius 3 is 2.78 bits per heavy atom. The van der Waals surface area contributed by atoms with Crippen LogP contribution in [0.3, 0.4) is 0 Å². The molecule has 1 heterocycles. The van der Waals surface area contributed by atoms with Crippen LogP contribution in [-0.4, -0.2) is 15.5 Å². The molecule has 0 unspecified atom stereocenters. The van der Waals surface area contributed by atoms with Crippen molar-refractivity contribution in [3.8, 4) is 0 Å². The van der Waals surface area contributed by atoms with Crippen LogP contribution in [0.1, 0.15) is 18.7 Å². The quantitative estimate of drug-likeness (QED) is 0.877. The highest BCUT2D eigenvalue weighted by molar-refractivity contribution is 5.90. The third-order valence-electron chi connectivity index (χ3n) is 2.78. The highest BCUT2D eigenvalue weighted by Gasteiger charge is 2.03. The van der Waals surface area contributed by atoms with Crippen molar-refractivity contribution in [2.24, 2.45) is 0 Å². The van der Waals surface area contributed by atoms with Crippen molar-refractivity contribution < 1.29 is 4.79 Å². The number of anilines is 1. The summed E-state index contributed by atoms with van der Waals surface area (Å²) in [6, 6.07) is 9.52. The van der Waals surface area contributed by atoms with E-state index in [1.54, 1.807) is 6.20 Å². The van der Waals surface area contributed by atoms with E-state index < -0.39 is 0 Å². The van der Waals surface area contributed by atoms with Crippen LogP contribution in [0.25, 0.3) is 0 Å². The molecule has 1 aromatic heterocycles. The maximum absolute atomic E-state index is 11.7. The smallest absolute Gasteiger partial charge is 0.224 e. The van der Waals surface area contributed by atoms with Crippen molar-refractivity contribution in [2.45, 2.75) is 26.3 Å². The Bertz CT molecular complexity index is 505. The number of nitrogens with one attached hydrogen (secondary N) is 1. The Morgan fingerprint density at radius 2 is 2.11 bits per heavy atom. The lowest BCUT2D eigenvalue weighted by Crippen LogP contribution is -2.12. The Labute approximate surface area is 107 Å². The van der Waals surface area contributed by atoms with Gasteiger partial charge in [0.1, 0.15) is 5.82 Å². The van der Waals surface area contributed by atoms with Crippen LogP contribution in [0.15, 0.2) is 42.7 Å². The van der Waals surface area contributed by atoms with Crippen molar-refractivity contribution in [1.82, 2.24) is 9.55 Å². The van der Waals surface area contributed by atoms with E-state index in [0.29, 0.717) is 6.42 Å². The van der Waals surface area contributed by atoms with Crippen LogP contribution in [0.4, 0.5) is 5.69 Å². The minimum Gasteiger partial charge on any atom is -0.335 e. The lowest BCUT2D eigenvalue weighted by Gasteiger charge is -2.06. The first-order chi connectivity index (χ1) is 8.75. The predicted molar refractivity (Wildman–Crippen MR) is 71.3 cm³/mol. The molecular formula is C14H17N3O. The van der Waals surface area contributed by atoms with Crippen LogP contribution in [0.5, 0.6) is 0 Å². The van der Waals surface area contributed by atoms with Gasteiger partial charge in [0.05, 0.1) is 0 Å². The van der Waals surface area contributed by atoms with E-state index in [9.17, 15) is 4.79 Å². The van der Waals surface area contributed by atoms with Gasteiger partial charge in [-0.05, 0) is 25.5 Å². The number of para-hydroxylation sites is 1. The fraction of sp³-hybridized carbons (Fsp3) is 0.286. The van der Waals surface area contributed by atoms with Crippen molar-refractivity contribution in [3.05, 3.63) is 48.5 Å². The topological polar surface area (TPSA) is 46.9 Å². The molecule has 2 aromatic rings. The molecular weight excluding hydrogens is 226 g/mol. The van der Waals surface area contributed by atoms with Crippen LogP contribution in [0.2, 0.25) is 0 Å². The molecule has 1 N–H and O–H groups in total. The van der Waals surface area contributed by atoms with Gasteiger partial charge >= 0.3 is 0 Å². The SMILES string of the molecule is Cc1nccn1CCCC(=O)Nc1ccccc1. The van der Waals surface area contributed by atoms with Gasteiger partial charge in [-0.25, -0.2) is 4.98 Å². The van der Waals surface area contributed by atoms with E-state index in [-0.39, 0.29) is 5.91 Å². The summed E-state index contributed by atoms with van der Waals surface area (Å²) < 4.78 is 2.05. The summed E-state index contributed by atoms with van der Waals surface area (Å²) >= 11 is 0. The number of hydrogen-bond acceptors (Lipinski definition) is 2. The zero-order valence-electron chi connectivity index (χ0n) is 10.5. The number of nitrogens with zero attached hydrogens (tertiary/aromatic N) is 2. The molecule has 0 aliphatic rings. The monoisotopic (exact) mass is 243 g/mol. The summed E-state index contributed by atoms with van der Waals surface area (Å²) in [5, 5.41) is 2.87. The van der Waals surface area contributed by atoms with Gasteiger partial charge < -0.3 is 9.88 Å². The van der Waals surface area contributed by atoms with Gasteiger partial charge in [0.2, 0.25) is 5.91 Å². The average molecular weight is 243 g/mol. The molecule has 0 saturated heterocycles. The Kier molecular flexibility index (Phi) is 4.12. The van der Waals surface area contributed by atoms with Gasteiger partial charge in [0.25, 0.3) is 0 Å². The molecule has 0 spiro atoms. The van der Waals surface area contributed by atoms with Crippen molar-refractivity contribution in [2.75, 3.05) is 5.32 Å². The third kappa shape index (κ3) is 3.45. The number of aromatic nitrogens is 2. The normalized spacial score (nSPS) is 10.3. The third-order valence-corrected chi connectivity index (χ3v) is 2.78. The van der Waals surface area contributed by atoms with Crippen LogP contribution < -0.4 is 5.32 Å². The van der Waals surface area contributed by atoms with Gasteiger partial charge in [-0.15, -0.1) is 0 Å². The summed E-state index contributed by atoms with van der Waals surface area (Å²) in [6.07, 6.45) is 5.05. The second-order valence-electron chi connectivity index (χ2n) is 4.19. The summed E-state index contributed by atoms with van der Waals surface area (Å²) in [5.41, 5.74) is 0.848.